The van der Waals surface area contributed by atoms with Gasteiger partial charge in [-0.05, 0) is 38.6 Å². The minimum absolute atomic E-state index is 0.0779. The number of aliphatic hydroxyl groups excluding tert-OH is 1. The Morgan fingerprint density at radius 1 is 1.06 bits per heavy atom. The van der Waals surface area contributed by atoms with Crippen LogP contribution in [0.1, 0.15) is 43.1 Å². The van der Waals surface area contributed by atoms with Gasteiger partial charge < -0.3 is 24.9 Å². The number of aryl methyl sites for hydroxylation is 1. The van der Waals surface area contributed by atoms with E-state index < -0.39 is 0 Å². The smallest absolute Gasteiger partial charge is 0.251 e. The number of rotatable bonds is 13. The highest BCUT2D eigenvalue weighted by atomic mass is 32.2. The van der Waals surface area contributed by atoms with Gasteiger partial charge in [0.2, 0.25) is 0 Å². The largest absolute Gasteiger partial charge is 0.395 e. The van der Waals surface area contributed by atoms with Crippen molar-refractivity contribution < 1.29 is 9.90 Å². The zero-order chi connectivity index (χ0) is 24.5. The number of nitrogens with one attached hydrogen (secondary N) is 2. The quantitative estimate of drug-likeness (QED) is 0.377. The summed E-state index contributed by atoms with van der Waals surface area (Å²) >= 11 is 1.59. The molecule has 2 aromatic rings. The van der Waals surface area contributed by atoms with Gasteiger partial charge in [-0.3, -0.25) is 4.79 Å². The van der Waals surface area contributed by atoms with Crippen LogP contribution in [0.25, 0.3) is 0 Å². The Morgan fingerprint density at radius 3 is 2.27 bits per heavy atom. The monoisotopic (exact) mass is 475 g/mol. The summed E-state index contributed by atoms with van der Waals surface area (Å²) in [5.74, 6) is 1.26. The van der Waals surface area contributed by atoms with Crippen LogP contribution in [-0.2, 0) is 0 Å². The minimum Gasteiger partial charge on any atom is -0.395 e. The second-order valence-corrected chi connectivity index (χ2v) is 8.28. The molecule has 0 saturated heterocycles. The van der Waals surface area contributed by atoms with E-state index >= 15 is 0 Å². The fourth-order valence-electron chi connectivity index (χ4n) is 3.06. The molecule has 0 aliphatic rings. The van der Waals surface area contributed by atoms with Gasteiger partial charge in [0.05, 0.1) is 6.61 Å². The maximum absolute atomic E-state index is 12.3. The number of carbonyl (C=O) groups excluding carboxylic acids is 1. The van der Waals surface area contributed by atoms with E-state index in [1.54, 1.807) is 24.1 Å². The summed E-state index contributed by atoms with van der Waals surface area (Å²) < 4.78 is 2.08. The van der Waals surface area contributed by atoms with Crippen LogP contribution < -0.4 is 14.9 Å². The third-order valence-corrected chi connectivity index (χ3v) is 5.75. The SMILES string of the molecule is CCCN(SC)c1cc(C(=O)NCCO)cc(NCCN(CC)CC)n1.Cc1ccccc1. The van der Waals surface area contributed by atoms with Crippen molar-refractivity contribution in [3.05, 3.63) is 53.6 Å². The van der Waals surface area contributed by atoms with E-state index in [0.717, 1.165) is 45.0 Å². The van der Waals surface area contributed by atoms with Crippen LogP contribution in [0.3, 0.4) is 0 Å². The predicted molar refractivity (Wildman–Crippen MR) is 142 cm³/mol. The molecule has 0 atom stereocenters. The van der Waals surface area contributed by atoms with Crippen LogP contribution in [0.4, 0.5) is 11.6 Å². The summed E-state index contributed by atoms with van der Waals surface area (Å²) in [5.41, 5.74) is 1.87. The molecule has 33 heavy (non-hydrogen) atoms. The molecule has 0 bridgehead atoms. The average Bonchev–Trinajstić information content (AvgIpc) is 2.84. The number of hydrogen-bond donors (Lipinski definition) is 3. The van der Waals surface area contributed by atoms with Crippen LogP contribution in [0.2, 0.25) is 0 Å². The molecule has 1 aromatic carbocycles. The zero-order valence-corrected chi connectivity index (χ0v) is 21.6. The van der Waals surface area contributed by atoms with Crippen LogP contribution >= 0.6 is 11.9 Å². The van der Waals surface area contributed by atoms with Gasteiger partial charge in [0.1, 0.15) is 11.6 Å². The van der Waals surface area contributed by atoms with Gasteiger partial charge in [-0.15, -0.1) is 0 Å². The van der Waals surface area contributed by atoms with Gasteiger partial charge in [-0.1, -0.05) is 68.6 Å². The first kappa shape index (κ1) is 28.7. The lowest BCUT2D eigenvalue weighted by atomic mass is 10.2. The highest BCUT2D eigenvalue weighted by Gasteiger charge is 2.14. The Labute approximate surface area is 204 Å². The number of aromatic nitrogens is 1. The summed E-state index contributed by atoms with van der Waals surface area (Å²) in [4.78, 5) is 19.4. The topological polar surface area (TPSA) is 80.7 Å². The zero-order valence-electron chi connectivity index (χ0n) is 20.8. The fraction of sp³-hybridized carbons (Fsp3) is 0.520. The highest BCUT2D eigenvalue weighted by Crippen LogP contribution is 2.23. The van der Waals surface area contributed by atoms with Gasteiger partial charge in [0, 0.05) is 38.0 Å². The van der Waals surface area contributed by atoms with Gasteiger partial charge in [-0.2, -0.15) is 0 Å². The fourth-order valence-corrected chi connectivity index (χ4v) is 3.70. The first-order valence-corrected chi connectivity index (χ1v) is 12.9. The van der Waals surface area contributed by atoms with Crippen molar-refractivity contribution in [3.8, 4) is 0 Å². The third-order valence-electron chi connectivity index (χ3n) is 4.94. The molecule has 8 heteroatoms. The number of amides is 1. The Morgan fingerprint density at radius 2 is 1.76 bits per heavy atom. The van der Waals surface area contributed by atoms with E-state index in [1.165, 1.54) is 5.56 Å². The molecule has 0 fully saturated rings. The molecule has 184 valence electrons. The van der Waals surface area contributed by atoms with Gasteiger partial charge >= 0.3 is 0 Å². The Bertz CT molecular complexity index is 788. The van der Waals surface area contributed by atoms with Crippen LogP contribution in [0, 0.1) is 6.92 Å². The molecule has 0 spiro atoms. The molecule has 0 aliphatic heterocycles. The van der Waals surface area contributed by atoms with E-state index in [9.17, 15) is 4.79 Å². The summed E-state index contributed by atoms with van der Waals surface area (Å²) in [6.45, 7) is 13.2. The molecule has 7 nitrogen and oxygen atoms in total. The molecule has 1 aromatic heterocycles. The molecule has 0 aliphatic carbocycles. The maximum Gasteiger partial charge on any atom is 0.251 e. The average molecular weight is 476 g/mol. The molecule has 1 amide bonds. The van der Waals surface area contributed by atoms with E-state index in [-0.39, 0.29) is 19.1 Å². The normalized spacial score (nSPS) is 10.4. The van der Waals surface area contributed by atoms with Crippen molar-refractivity contribution in [2.45, 2.75) is 34.1 Å². The Hall–Kier alpha value is -2.29. The summed E-state index contributed by atoms with van der Waals surface area (Å²) in [6.07, 6.45) is 3.00. The van der Waals surface area contributed by atoms with Crippen molar-refractivity contribution in [2.75, 3.05) is 61.8 Å². The second-order valence-electron chi connectivity index (χ2n) is 7.47. The van der Waals surface area contributed by atoms with Crippen molar-refractivity contribution in [1.29, 1.82) is 0 Å². The van der Waals surface area contributed by atoms with E-state index in [1.807, 2.05) is 24.5 Å². The maximum atomic E-state index is 12.3. The summed E-state index contributed by atoms with van der Waals surface area (Å²) in [6, 6.07) is 13.8. The van der Waals surface area contributed by atoms with E-state index in [2.05, 4.69) is 64.7 Å². The molecule has 0 unspecified atom stereocenters. The molecule has 2 rings (SSSR count). The lowest BCUT2D eigenvalue weighted by Gasteiger charge is -2.22. The highest BCUT2D eigenvalue weighted by molar-refractivity contribution is 7.99. The molecule has 0 radical (unpaired) electrons. The van der Waals surface area contributed by atoms with Gasteiger partial charge in [0.15, 0.2) is 0 Å². The van der Waals surface area contributed by atoms with E-state index in [4.69, 9.17) is 5.11 Å². The van der Waals surface area contributed by atoms with Crippen LogP contribution in [0.15, 0.2) is 42.5 Å². The van der Waals surface area contributed by atoms with Crippen molar-refractivity contribution in [2.24, 2.45) is 0 Å². The van der Waals surface area contributed by atoms with Crippen molar-refractivity contribution >= 4 is 29.5 Å². The number of anilines is 2. The number of aliphatic hydroxyl groups is 1. The van der Waals surface area contributed by atoms with Crippen molar-refractivity contribution in [3.63, 3.8) is 0 Å². The number of hydrogen-bond acceptors (Lipinski definition) is 7. The van der Waals surface area contributed by atoms with Crippen LogP contribution in [0.5, 0.6) is 0 Å². The number of pyridine rings is 1. The lowest BCUT2D eigenvalue weighted by Crippen LogP contribution is -2.29. The summed E-state index contributed by atoms with van der Waals surface area (Å²) in [5, 5.41) is 15.0. The first-order chi connectivity index (χ1) is 16.0. The minimum atomic E-state index is -0.202. The van der Waals surface area contributed by atoms with Gasteiger partial charge in [0.25, 0.3) is 5.91 Å². The Kier molecular flexibility index (Phi) is 15.0. The standard InChI is InChI=1S/C18H33N5O2S.C7H8/c1-5-10-23(26-4)17-14-15(18(25)20-9-12-24)13-16(21-17)19-8-11-22(6-2)7-3;1-7-5-3-2-4-6-7/h13-14,24H,5-12H2,1-4H3,(H,19,21)(H,20,25);2-6H,1H3. The lowest BCUT2D eigenvalue weighted by molar-refractivity contribution is 0.0944. The number of carbonyl (C=O) groups is 1. The second kappa shape index (κ2) is 17.2. The third kappa shape index (κ3) is 11.4. The first-order valence-electron chi connectivity index (χ1n) is 11.7. The van der Waals surface area contributed by atoms with Crippen LogP contribution in [-0.4, -0.2) is 73.0 Å². The predicted octanol–water partition coefficient (Wildman–Crippen LogP) is 4.05. The molecule has 1 heterocycles. The molecule has 3 N–H and O–H groups in total. The molecular formula is C25H41N5O2S. The number of benzene rings is 1. The Balaban J connectivity index is 0.000000657. The van der Waals surface area contributed by atoms with Crippen molar-refractivity contribution in [1.82, 2.24) is 15.2 Å². The molecular weight excluding hydrogens is 434 g/mol. The molecule has 0 saturated carbocycles. The number of nitrogens with zero attached hydrogens (tertiary/aromatic N) is 3. The van der Waals surface area contributed by atoms with E-state index in [0.29, 0.717) is 11.4 Å². The van der Waals surface area contributed by atoms with Gasteiger partial charge in [-0.25, -0.2) is 4.98 Å². The number of likely N-dealkylation sites (N-methyl/N-ethyl adjacent to an activating group) is 1. The summed E-state index contributed by atoms with van der Waals surface area (Å²) in [7, 11) is 0.